The molecule has 1 aromatic heterocycles. The van der Waals surface area contributed by atoms with E-state index in [1.54, 1.807) is 6.33 Å². The van der Waals surface area contributed by atoms with Crippen molar-refractivity contribution in [2.24, 2.45) is 5.73 Å². The SMILES string of the molecule is Cc1ccc(Cl)cc1N1CCN(c2cc(C3CC(N)C3)ncn2)CC1.Cl.Cl. The number of piperazine rings is 1. The number of hydrogen-bond acceptors (Lipinski definition) is 5. The number of hydrogen-bond donors (Lipinski definition) is 1. The molecule has 1 aliphatic carbocycles. The van der Waals surface area contributed by atoms with Crippen molar-refractivity contribution in [2.45, 2.75) is 31.7 Å². The number of aromatic nitrogens is 2. The Kier molecular flexibility index (Phi) is 7.57. The maximum Gasteiger partial charge on any atom is 0.132 e. The standard InChI is InChI=1S/C19H24ClN5.2ClH/c1-13-2-3-15(20)10-18(13)24-4-6-25(7-5-24)19-11-17(22-12-23-19)14-8-16(21)9-14;;/h2-3,10-12,14,16H,4-9,21H2,1H3;2*1H. The summed E-state index contributed by atoms with van der Waals surface area (Å²) < 4.78 is 0. The minimum absolute atomic E-state index is 0. The summed E-state index contributed by atoms with van der Waals surface area (Å²) in [6.07, 6.45) is 3.78. The maximum atomic E-state index is 6.17. The number of rotatable bonds is 3. The Morgan fingerprint density at radius 2 is 1.67 bits per heavy atom. The van der Waals surface area contributed by atoms with Gasteiger partial charge in [0.1, 0.15) is 12.1 Å². The molecule has 2 aromatic rings. The molecule has 0 unspecified atom stereocenters. The predicted molar refractivity (Wildman–Crippen MR) is 117 cm³/mol. The van der Waals surface area contributed by atoms with Gasteiger partial charge >= 0.3 is 0 Å². The molecule has 27 heavy (non-hydrogen) atoms. The molecule has 2 fully saturated rings. The lowest BCUT2D eigenvalue weighted by Crippen LogP contribution is -2.47. The molecule has 0 atom stereocenters. The Morgan fingerprint density at radius 3 is 2.33 bits per heavy atom. The van der Waals surface area contributed by atoms with Crippen LogP contribution in [0.15, 0.2) is 30.6 Å². The highest BCUT2D eigenvalue weighted by molar-refractivity contribution is 6.30. The molecule has 1 aliphatic heterocycles. The molecule has 2 heterocycles. The average Bonchev–Trinajstić information content (AvgIpc) is 2.61. The van der Waals surface area contributed by atoms with Crippen LogP contribution in [-0.4, -0.2) is 42.2 Å². The highest BCUT2D eigenvalue weighted by atomic mass is 35.5. The second-order valence-corrected chi connectivity index (χ2v) is 7.57. The van der Waals surface area contributed by atoms with E-state index in [9.17, 15) is 0 Å². The Labute approximate surface area is 178 Å². The van der Waals surface area contributed by atoms with Gasteiger partial charge in [0.15, 0.2) is 0 Å². The third kappa shape index (κ3) is 4.77. The number of aryl methyl sites for hydroxylation is 1. The summed E-state index contributed by atoms with van der Waals surface area (Å²) in [4.78, 5) is 13.7. The summed E-state index contributed by atoms with van der Waals surface area (Å²) in [5.74, 6) is 1.54. The molecule has 2 N–H and O–H groups in total. The molecule has 0 radical (unpaired) electrons. The first kappa shape index (κ1) is 22.0. The third-order valence-electron chi connectivity index (χ3n) is 5.38. The molecule has 2 aliphatic rings. The van der Waals surface area contributed by atoms with Gasteiger partial charge in [-0.05, 0) is 37.5 Å². The summed E-state index contributed by atoms with van der Waals surface area (Å²) >= 11 is 6.17. The van der Waals surface area contributed by atoms with Crippen LogP contribution in [0.25, 0.3) is 0 Å². The lowest BCUT2D eigenvalue weighted by atomic mass is 9.78. The molecule has 0 spiro atoms. The lowest BCUT2D eigenvalue weighted by molar-refractivity contribution is 0.345. The van der Waals surface area contributed by atoms with Gasteiger partial charge in [-0.25, -0.2) is 9.97 Å². The van der Waals surface area contributed by atoms with Crippen LogP contribution in [0.3, 0.4) is 0 Å². The fourth-order valence-corrected chi connectivity index (χ4v) is 3.93. The van der Waals surface area contributed by atoms with Crippen molar-refractivity contribution in [3.63, 3.8) is 0 Å². The molecule has 1 aromatic carbocycles. The molecule has 0 bridgehead atoms. The van der Waals surface area contributed by atoms with Crippen molar-refractivity contribution in [3.05, 3.63) is 46.9 Å². The van der Waals surface area contributed by atoms with E-state index in [0.29, 0.717) is 12.0 Å². The molecule has 4 rings (SSSR count). The van der Waals surface area contributed by atoms with Gasteiger partial charge in [-0.1, -0.05) is 17.7 Å². The van der Waals surface area contributed by atoms with Gasteiger partial charge in [-0.15, -0.1) is 24.8 Å². The van der Waals surface area contributed by atoms with Gasteiger partial charge < -0.3 is 15.5 Å². The van der Waals surface area contributed by atoms with Crippen LogP contribution in [0.5, 0.6) is 0 Å². The topological polar surface area (TPSA) is 58.3 Å². The van der Waals surface area contributed by atoms with Gasteiger partial charge in [0.25, 0.3) is 0 Å². The van der Waals surface area contributed by atoms with E-state index >= 15 is 0 Å². The summed E-state index contributed by atoms with van der Waals surface area (Å²) in [6, 6.07) is 8.59. The normalized spacial score (nSPS) is 21.7. The molecule has 8 heteroatoms. The van der Waals surface area contributed by atoms with E-state index < -0.39 is 0 Å². The van der Waals surface area contributed by atoms with Gasteiger partial charge in [-0.2, -0.15) is 0 Å². The molecule has 148 valence electrons. The highest BCUT2D eigenvalue weighted by Crippen LogP contribution is 2.35. The summed E-state index contributed by atoms with van der Waals surface area (Å²) in [5.41, 5.74) is 9.55. The summed E-state index contributed by atoms with van der Waals surface area (Å²) in [5, 5.41) is 0.794. The fraction of sp³-hybridized carbons (Fsp3) is 0.474. The quantitative estimate of drug-likeness (QED) is 0.802. The first-order chi connectivity index (χ1) is 12.1. The highest BCUT2D eigenvalue weighted by Gasteiger charge is 2.29. The van der Waals surface area contributed by atoms with E-state index in [-0.39, 0.29) is 24.8 Å². The molecule has 1 saturated heterocycles. The maximum absolute atomic E-state index is 6.17. The average molecular weight is 431 g/mol. The summed E-state index contributed by atoms with van der Waals surface area (Å²) in [7, 11) is 0. The van der Waals surface area contributed by atoms with Crippen molar-refractivity contribution >= 4 is 47.9 Å². The second kappa shape index (κ2) is 9.28. The van der Waals surface area contributed by atoms with Crippen LogP contribution in [0.1, 0.15) is 30.0 Å². The van der Waals surface area contributed by atoms with Crippen molar-refractivity contribution in [3.8, 4) is 0 Å². The van der Waals surface area contributed by atoms with Crippen molar-refractivity contribution in [2.75, 3.05) is 36.0 Å². The second-order valence-electron chi connectivity index (χ2n) is 7.13. The van der Waals surface area contributed by atoms with Crippen LogP contribution in [0.4, 0.5) is 11.5 Å². The van der Waals surface area contributed by atoms with Gasteiger partial charge in [0.2, 0.25) is 0 Å². The van der Waals surface area contributed by atoms with Crippen LogP contribution in [0, 0.1) is 6.92 Å². The zero-order chi connectivity index (χ0) is 17.4. The monoisotopic (exact) mass is 429 g/mol. The largest absolute Gasteiger partial charge is 0.368 e. The number of benzene rings is 1. The Morgan fingerprint density at radius 1 is 1.00 bits per heavy atom. The Balaban J connectivity index is 0.00000131. The van der Waals surface area contributed by atoms with Crippen molar-refractivity contribution < 1.29 is 0 Å². The zero-order valence-electron chi connectivity index (χ0n) is 15.3. The minimum atomic E-state index is 0. The first-order valence-corrected chi connectivity index (χ1v) is 9.31. The van der Waals surface area contributed by atoms with Crippen LogP contribution in [-0.2, 0) is 0 Å². The fourth-order valence-electron chi connectivity index (χ4n) is 3.76. The van der Waals surface area contributed by atoms with E-state index in [0.717, 1.165) is 55.6 Å². The van der Waals surface area contributed by atoms with Crippen LogP contribution in [0.2, 0.25) is 5.02 Å². The Hall–Kier alpha value is -1.27. The van der Waals surface area contributed by atoms with E-state index in [1.807, 2.05) is 6.07 Å². The smallest absolute Gasteiger partial charge is 0.132 e. The molecular weight excluding hydrogens is 405 g/mol. The Bertz CT molecular complexity index is 759. The number of nitrogens with two attached hydrogens (primary N) is 1. The number of anilines is 2. The van der Waals surface area contributed by atoms with E-state index in [1.165, 1.54) is 11.3 Å². The van der Waals surface area contributed by atoms with Crippen molar-refractivity contribution in [1.29, 1.82) is 0 Å². The molecule has 5 nitrogen and oxygen atoms in total. The lowest BCUT2D eigenvalue weighted by Gasteiger charge is -2.38. The molecule has 0 amide bonds. The third-order valence-corrected chi connectivity index (χ3v) is 5.62. The minimum Gasteiger partial charge on any atom is -0.368 e. The van der Waals surface area contributed by atoms with E-state index in [4.69, 9.17) is 17.3 Å². The molecular formula is C19H26Cl3N5. The van der Waals surface area contributed by atoms with Crippen LogP contribution < -0.4 is 15.5 Å². The predicted octanol–water partition coefficient (Wildman–Crippen LogP) is 3.81. The number of halogens is 3. The molecule has 1 saturated carbocycles. The van der Waals surface area contributed by atoms with Gasteiger partial charge in [-0.3, -0.25) is 0 Å². The first-order valence-electron chi connectivity index (χ1n) is 8.94. The van der Waals surface area contributed by atoms with Crippen molar-refractivity contribution in [1.82, 2.24) is 9.97 Å². The van der Waals surface area contributed by atoms with Gasteiger partial charge in [0, 0.05) is 60.6 Å². The van der Waals surface area contributed by atoms with Crippen LogP contribution >= 0.6 is 36.4 Å². The van der Waals surface area contributed by atoms with Gasteiger partial charge in [0.05, 0.1) is 0 Å². The van der Waals surface area contributed by atoms with E-state index in [2.05, 4.69) is 44.9 Å². The number of nitrogens with zero attached hydrogens (tertiary/aromatic N) is 4. The zero-order valence-corrected chi connectivity index (χ0v) is 17.7. The summed E-state index contributed by atoms with van der Waals surface area (Å²) in [6.45, 7) is 5.97.